The summed E-state index contributed by atoms with van der Waals surface area (Å²) in [5.74, 6) is -2.75. The Balaban J connectivity index is 1.90. The van der Waals surface area contributed by atoms with Crippen LogP contribution in [0.25, 0.3) is 0 Å². The highest BCUT2D eigenvalue weighted by molar-refractivity contribution is 7.91. The lowest BCUT2D eigenvalue weighted by Gasteiger charge is -2.19. The van der Waals surface area contributed by atoms with Gasteiger partial charge in [0.15, 0.2) is 9.84 Å². The van der Waals surface area contributed by atoms with Crippen LogP contribution in [0.3, 0.4) is 0 Å². The number of nitrogens with one attached hydrogen (secondary N) is 1. The topological polar surface area (TPSA) is 101 Å². The summed E-state index contributed by atoms with van der Waals surface area (Å²) < 4.78 is 24.6. The first-order chi connectivity index (χ1) is 11.0. The van der Waals surface area contributed by atoms with Crippen molar-refractivity contribution in [2.45, 2.75) is 37.5 Å². The van der Waals surface area contributed by atoms with Gasteiger partial charge in [-0.15, -0.1) is 0 Å². The van der Waals surface area contributed by atoms with Gasteiger partial charge in [-0.25, -0.2) is 8.42 Å². The van der Waals surface area contributed by atoms with Crippen molar-refractivity contribution in [1.82, 2.24) is 5.32 Å². The summed E-state index contributed by atoms with van der Waals surface area (Å²) in [5, 5.41) is 11.3. The highest BCUT2D eigenvalue weighted by atomic mass is 32.2. The maximum atomic E-state index is 12.3. The number of rotatable bonds is 6. The molecule has 0 spiro atoms. The minimum atomic E-state index is -3.48. The summed E-state index contributed by atoms with van der Waals surface area (Å²) >= 11 is 0. The molecule has 1 saturated carbocycles. The maximum Gasteiger partial charge on any atom is 0.307 e. The molecule has 1 aliphatic carbocycles. The predicted molar refractivity (Wildman–Crippen MR) is 89.4 cm³/mol. The molecular weight excluding hydrogens is 330 g/mol. The molecule has 0 heterocycles. The van der Waals surface area contributed by atoms with Crippen LogP contribution in [0.4, 0.5) is 0 Å². The van der Waals surface area contributed by atoms with Crippen molar-refractivity contribution in [1.29, 1.82) is 0 Å². The molecule has 1 aromatic carbocycles. The van der Waals surface area contributed by atoms with Crippen molar-refractivity contribution in [3.8, 4) is 0 Å². The second-order valence-corrected chi connectivity index (χ2v) is 9.28. The Hall–Kier alpha value is -1.89. The van der Waals surface area contributed by atoms with E-state index >= 15 is 0 Å². The van der Waals surface area contributed by atoms with Crippen LogP contribution in [0.15, 0.2) is 29.2 Å². The van der Waals surface area contributed by atoms with Crippen molar-refractivity contribution in [2.24, 2.45) is 11.8 Å². The van der Waals surface area contributed by atoms with Gasteiger partial charge in [0.05, 0.1) is 22.5 Å². The Kier molecular flexibility index (Phi) is 5.03. The molecule has 1 fully saturated rings. The van der Waals surface area contributed by atoms with E-state index in [1.165, 1.54) is 0 Å². The molecule has 0 aromatic heterocycles. The van der Waals surface area contributed by atoms with E-state index in [0.717, 1.165) is 5.56 Å². The van der Waals surface area contributed by atoms with Crippen LogP contribution in [0.1, 0.15) is 32.8 Å². The predicted octanol–water partition coefficient (Wildman–Crippen LogP) is 1.59. The summed E-state index contributed by atoms with van der Waals surface area (Å²) in [6.07, 6.45) is 0.322. The highest BCUT2D eigenvalue weighted by Crippen LogP contribution is 2.38. The largest absolute Gasteiger partial charge is 0.481 e. The Morgan fingerprint density at radius 2 is 1.75 bits per heavy atom. The van der Waals surface area contributed by atoms with E-state index in [2.05, 4.69) is 5.32 Å². The van der Waals surface area contributed by atoms with E-state index in [0.29, 0.717) is 6.42 Å². The number of carboxylic acids is 1. The fourth-order valence-electron chi connectivity index (χ4n) is 2.48. The molecule has 0 aliphatic heterocycles. The van der Waals surface area contributed by atoms with E-state index in [9.17, 15) is 18.0 Å². The SMILES string of the molecule is CC(C)(C)c1ccc(S(=O)(=O)CCNC(=O)C2CC2C(=O)O)cc1. The van der Waals surface area contributed by atoms with Crippen LogP contribution in [0.5, 0.6) is 0 Å². The van der Waals surface area contributed by atoms with Crippen molar-refractivity contribution in [3.05, 3.63) is 29.8 Å². The first-order valence-electron chi connectivity index (χ1n) is 7.86. The van der Waals surface area contributed by atoms with Gasteiger partial charge in [-0.3, -0.25) is 9.59 Å². The number of hydrogen-bond acceptors (Lipinski definition) is 4. The van der Waals surface area contributed by atoms with Gasteiger partial charge < -0.3 is 10.4 Å². The molecule has 24 heavy (non-hydrogen) atoms. The molecule has 2 rings (SSSR count). The minimum absolute atomic E-state index is 0.0228. The Bertz CT molecular complexity index is 731. The molecule has 0 radical (unpaired) electrons. The second kappa shape index (κ2) is 6.55. The van der Waals surface area contributed by atoms with Crippen LogP contribution < -0.4 is 5.32 Å². The van der Waals surface area contributed by atoms with E-state index < -0.39 is 27.6 Å². The van der Waals surface area contributed by atoms with Gasteiger partial charge >= 0.3 is 5.97 Å². The normalized spacial score (nSPS) is 20.5. The standard InChI is InChI=1S/C17H23NO5S/c1-17(2,3)11-4-6-12(7-5-11)24(22,23)9-8-18-15(19)13-10-14(13)16(20)21/h4-7,13-14H,8-10H2,1-3H3,(H,18,19)(H,20,21). The molecule has 2 unspecified atom stereocenters. The lowest BCUT2D eigenvalue weighted by atomic mass is 9.87. The van der Waals surface area contributed by atoms with Crippen LogP contribution in [0.2, 0.25) is 0 Å². The quantitative estimate of drug-likeness (QED) is 0.809. The van der Waals surface area contributed by atoms with Gasteiger partial charge in [0, 0.05) is 6.54 Å². The molecule has 2 atom stereocenters. The second-order valence-electron chi connectivity index (χ2n) is 7.17. The lowest BCUT2D eigenvalue weighted by Crippen LogP contribution is -2.31. The molecule has 6 nitrogen and oxygen atoms in total. The number of carbonyl (C=O) groups excluding carboxylic acids is 1. The van der Waals surface area contributed by atoms with Crippen molar-refractivity contribution < 1.29 is 23.1 Å². The Morgan fingerprint density at radius 3 is 2.21 bits per heavy atom. The summed E-state index contributed by atoms with van der Waals surface area (Å²) in [4.78, 5) is 22.7. The van der Waals surface area contributed by atoms with E-state index in [1.807, 2.05) is 20.8 Å². The number of benzene rings is 1. The first-order valence-corrected chi connectivity index (χ1v) is 9.51. The fraction of sp³-hybridized carbons (Fsp3) is 0.529. The molecule has 0 saturated heterocycles. The van der Waals surface area contributed by atoms with Crippen molar-refractivity contribution >= 4 is 21.7 Å². The fourth-order valence-corrected chi connectivity index (χ4v) is 3.63. The first kappa shape index (κ1) is 18.4. The number of carbonyl (C=O) groups is 2. The van der Waals surface area contributed by atoms with Crippen molar-refractivity contribution in [3.63, 3.8) is 0 Å². The average molecular weight is 353 g/mol. The third-order valence-corrected chi connectivity index (χ3v) is 5.93. The molecule has 2 N–H and O–H groups in total. The van der Waals surface area contributed by atoms with Crippen LogP contribution >= 0.6 is 0 Å². The van der Waals surface area contributed by atoms with Gasteiger partial charge in [-0.05, 0) is 29.5 Å². The average Bonchev–Trinajstić information content (AvgIpc) is 3.27. The highest BCUT2D eigenvalue weighted by Gasteiger charge is 2.48. The minimum Gasteiger partial charge on any atom is -0.481 e. The summed E-state index contributed by atoms with van der Waals surface area (Å²) in [6.45, 7) is 6.13. The van der Waals surface area contributed by atoms with Crippen LogP contribution in [-0.2, 0) is 24.8 Å². The van der Waals surface area contributed by atoms with Gasteiger partial charge in [-0.1, -0.05) is 32.9 Å². The van der Waals surface area contributed by atoms with Gasteiger partial charge in [0.25, 0.3) is 0 Å². The molecule has 1 aliphatic rings. The molecule has 7 heteroatoms. The van der Waals surface area contributed by atoms with E-state index in [1.54, 1.807) is 24.3 Å². The number of aliphatic carboxylic acids is 1. The summed E-state index contributed by atoms with van der Waals surface area (Å²) in [5.41, 5.74) is 0.990. The van der Waals surface area contributed by atoms with Gasteiger partial charge in [0.1, 0.15) is 0 Å². The van der Waals surface area contributed by atoms with E-state index in [-0.39, 0.29) is 28.5 Å². The number of carboxylic acid groups (broad SMARTS) is 1. The zero-order chi connectivity index (χ0) is 18.1. The van der Waals surface area contributed by atoms with Crippen LogP contribution in [0, 0.1) is 11.8 Å². The molecule has 0 bridgehead atoms. The number of amides is 1. The lowest BCUT2D eigenvalue weighted by molar-refractivity contribution is -0.140. The van der Waals surface area contributed by atoms with Crippen LogP contribution in [-0.4, -0.2) is 37.7 Å². The zero-order valence-corrected chi connectivity index (χ0v) is 14.9. The summed E-state index contributed by atoms with van der Waals surface area (Å²) in [7, 11) is -3.48. The third-order valence-electron chi connectivity index (χ3n) is 4.19. The summed E-state index contributed by atoms with van der Waals surface area (Å²) in [6, 6.07) is 6.76. The maximum absolute atomic E-state index is 12.3. The van der Waals surface area contributed by atoms with Gasteiger partial charge in [0.2, 0.25) is 5.91 Å². The third kappa shape index (κ3) is 4.35. The van der Waals surface area contributed by atoms with Gasteiger partial charge in [-0.2, -0.15) is 0 Å². The van der Waals surface area contributed by atoms with E-state index in [4.69, 9.17) is 5.11 Å². The number of hydrogen-bond donors (Lipinski definition) is 2. The smallest absolute Gasteiger partial charge is 0.307 e. The Morgan fingerprint density at radius 1 is 1.17 bits per heavy atom. The monoisotopic (exact) mass is 353 g/mol. The molecular formula is C17H23NO5S. The molecule has 1 amide bonds. The number of sulfone groups is 1. The van der Waals surface area contributed by atoms with Crippen molar-refractivity contribution in [2.75, 3.05) is 12.3 Å². The molecule has 132 valence electrons. The molecule has 1 aromatic rings. The Labute approximate surface area is 142 Å². The zero-order valence-electron chi connectivity index (χ0n) is 14.1.